The first-order valence-electron chi connectivity index (χ1n) is 12.8. The summed E-state index contributed by atoms with van der Waals surface area (Å²) in [5.41, 5.74) is 9.26. The summed E-state index contributed by atoms with van der Waals surface area (Å²) in [4.78, 5) is 9.57. The molecule has 0 N–H and O–H groups in total. The average molecular weight is 505 g/mol. The second-order valence-corrected chi connectivity index (χ2v) is 11.7. The van der Waals surface area contributed by atoms with Crippen LogP contribution in [0.15, 0.2) is 105 Å². The fourth-order valence-electron chi connectivity index (χ4n) is 5.20. The van der Waals surface area contributed by atoms with Gasteiger partial charge in [0.05, 0.1) is 21.2 Å². The summed E-state index contributed by atoms with van der Waals surface area (Å²) >= 11 is 0. The van der Waals surface area contributed by atoms with Crippen LogP contribution in [-0.2, 0) is 35.5 Å². The van der Waals surface area contributed by atoms with Crippen molar-refractivity contribution in [3.8, 4) is 0 Å². The van der Waals surface area contributed by atoms with Gasteiger partial charge in [0.1, 0.15) is 0 Å². The van der Waals surface area contributed by atoms with Gasteiger partial charge >= 0.3 is 0 Å². The van der Waals surface area contributed by atoms with Crippen molar-refractivity contribution in [1.82, 2.24) is 0 Å². The maximum atomic E-state index is 13.2. The van der Waals surface area contributed by atoms with Gasteiger partial charge in [-0.2, -0.15) is 0 Å². The van der Waals surface area contributed by atoms with E-state index in [1.165, 1.54) is 35.1 Å². The van der Waals surface area contributed by atoms with E-state index in [1.807, 2.05) is 12.4 Å². The fraction of sp³-hybridized carbons (Fsp3) is 0.188. The Balaban J connectivity index is 1.14. The van der Waals surface area contributed by atoms with E-state index in [4.69, 9.17) is 0 Å². The summed E-state index contributed by atoms with van der Waals surface area (Å²) < 4.78 is 26.3. The Morgan fingerprint density at radius 1 is 0.514 bits per heavy atom. The SMILES string of the molecule is O=S(=O)(c1ccc(N=Cc2ccc3c(c2)CCC3)cc1)c1ccc(N=Cc2ccc3c(c2)CCC3)cc1. The molecule has 0 aliphatic heterocycles. The second kappa shape index (κ2) is 9.91. The molecule has 2 aliphatic carbocycles. The first-order chi connectivity index (χ1) is 18.0. The van der Waals surface area contributed by atoms with Crippen LogP contribution in [0, 0.1) is 0 Å². The minimum absolute atomic E-state index is 0.248. The molecule has 0 radical (unpaired) electrons. The van der Waals surface area contributed by atoms with Crippen LogP contribution in [0.5, 0.6) is 0 Å². The van der Waals surface area contributed by atoms with Crippen molar-refractivity contribution < 1.29 is 8.42 Å². The zero-order valence-electron chi connectivity index (χ0n) is 20.6. The lowest BCUT2D eigenvalue weighted by molar-refractivity contribution is 0.596. The largest absolute Gasteiger partial charge is 0.256 e. The summed E-state index contributed by atoms with van der Waals surface area (Å²) in [6, 6.07) is 26.4. The van der Waals surface area contributed by atoms with Gasteiger partial charge < -0.3 is 0 Å². The van der Waals surface area contributed by atoms with Crippen molar-refractivity contribution in [2.24, 2.45) is 9.98 Å². The number of aryl methyl sites for hydroxylation is 4. The summed E-state index contributed by atoms with van der Waals surface area (Å²) in [7, 11) is -3.62. The lowest BCUT2D eigenvalue weighted by atomic mass is 10.1. The Kier molecular flexibility index (Phi) is 6.31. The summed E-state index contributed by atoms with van der Waals surface area (Å²) in [5.74, 6) is 0. The molecule has 0 fully saturated rings. The first kappa shape index (κ1) is 23.6. The lowest BCUT2D eigenvalue weighted by Gasteiger charge is -2.06. The normalized spacial score (nSPS) is 14.9. The van der Waals surface area contributed by atoms with Gasteiger partial charge in [0.2, 0.25) is 9.84 Å². The lowest BCUT2D eigenvalue weighted by Crippen LogP contribution is -2.01. The van der Waals surface area contributed by atoms with Crippen LogP contribution in [0.1, 0.15) is 46.2 Å². The van der Waals surface area contributed by atoms with Crippen molar-refractivity contribution in [2.75, 3.05) is 0 Å². The first-order valence-corrected chi connectivity index (χ1v) is 14.3. The number of nitrogens with zero attached hydrogens (tertiary/aromatic N) is 2. The zero-order valence-corrected chi connectivity index (χ0v) is 21.4. The van der Waals surface area contributed by atoms with Crippen molar-refractivity contribution in [1.29, 1.82) is 0 Å². The summed E-state index contributed by atoms with van der Waals surface area (Å²) in [5, 5.41) is 0. The van der Waals surface area contributed by atoms with E-state index in [2.05, 4.69) is 46.4 Å². The third-order valence-corrected chi connectivity index (χ3v) is 9.05. The Labute approximate surface area is 218 Å². The minimum atomic E-state index is -3.62. The molecule has 4 aromatic rings. The fourth-order valence-corrected chi connectivity index (χ4v) is 6.46. The van der Waals surface area contributed by atoms with E-state index in [1.54, 1.807) is 48.5 Å². The molecule has 0 amide bonds. The molecular formula is C32H28N2O2S. The highest BCUT2D eigenvalue weighted by molar-refractivity contribution is 7.91. The molecule has 4 nitrogen and oxygen atoms in total. The Hall–Kier alpha value is -3.83. The highest BCUT2D eigenvalue weighted by Gasteiger charge is 2.17. The number of hydrogen-bond acceptors (Lipinski definition) is 4. The molecule has 184 valence electrons. The molecule has 0 aromatic heterocycles. The number of benzene rings is 4. The summed E-state index contributed by atoms with van der Waals surface area (Å²) in [6.07, 6.45) is 10.7. The molecule has 0 saturated carbocycles. The van der Waals surface area contributed by atoms with Gasteiger partial charge in [-0.15, -0.1) is 0 Å². The minimum Gasteiger partial charge on any atom is -0.256 e. The van der Waals surface area contributed by atoms with E-state index in [-0.39, 0.29) is 9.79 Å². The van der Waals surface area contributed by atoms with E-state index in [0.717, 1.165) is 48.2 Å². The maximum Gasteiger partial charge on any atom is 0.206 e. The van der Waals surface area contributed by atoms with E-state index in [0.29, 0.717) is 0 Å². The molecule has 0 bridgehead atoms. The number of hydrogen-bond donors (Lipinski definition) is 0. The van der Waals surface area contributed by atoms with Crippen LogP contribution in [-0.4, -0.2) is 20.8 Å². The van der Waals surface area contributed by atoms with Gasteiger partial charge in [0.15, 0.2) is 0 Å². The molecule has 6 rings (SSSR count). The molecule has 0 heterocycles. The maximum absolute atomic E-state index is 13.2. The van der Waals surface area contributed by atoms with Crippen molar-refractivity contribution >= 4 is 33.6 Å². The van der Waals surface area contributed by atoms with Gasteiger partial charge in [-0.05, 0) is 133 Å². The van der Waals surface area contributed by atoms with Crippen LogP contribution < -0.4 is 0 Å². The molecular weight excluding hydrogens is 476 g/mol. The molecule has 0 saturated heterocycles. The van der Waals surface area contributed by atoms with Gasteiger partial charge in [0, 0.05) is 12.4 Å². The van der Waals surface area contributed by atoms with Gasteiger partial charge in [0.25, 0.3) is 0 Å². The van der Waals surface area contributed by atoms with Crippen LogP contribution in [0.4, 0.5) is 11.4 Å². The molecule has 0 unspecified atom stereocenters. The molecule has 4 aromatic carbocycles. The van der Waals surface area contributed by atoms with Crippen molar-refractivity contribution in [3.63, 3.8) is 0 Å². The van der Waals surface area contributed by atoms with Crippen LogP contribution in [0.3, 0.4) is 0 Å². The molecule has 2 aliphatic rings. The number of fused-ring (bicyclic) bond motifs is 2. The third kappa shape index (κ3) is 5.05. The van der Waals surface area contributed by atoms with E-state index >= 15 is 0 Å². The van der Waals surface area contributed by atoms with Gasteiger partial charge in [-0.25, -0.2) is 8.42 Å². The summed E-state index contributed by atoms with van der Waals surface area (Å²) in [6.45, 7) is 0. The molecule has 5 heteroatoms. The quantitative estimate of drug-likeness (QED) is 0.266. The Bertz CT molecular complexity index is 1500. The number of sulfone groups is 1. The molecule has 37 heavy (non-hydrogen) atoms. The topological polar surface area (TPSA) is 58.9 Å². The third-order valence-electron chi connectivity index (χ3n) is 7.26. The van der Waals surface area contributed by atoms with Gasteiger partial charge in [-0.3, -0.25) is 9.98 Å². The zero-order chi connectivity index (χ0) is 25.2. The number of rotatable bonds is 6. The standard InChI is InChI=1S/C32H28N2O2S/c35-37(36,31-15-11-29(12-16-31)33-21-23-7-9-25-3-1-5-27(25)19-23)32-17-13-30(14-18-32)34-22-24-8-10-26-4-2-6-28(26)20-24/h7-22H,1-6H2. The molecule has 0 spiro atoms. The highest BCUT2D eigenvalue weighted by atomic mass is 32.2. The monoisotopic (exact) mass is 504 g/mol. The Morgan fingerprint density at radius 2 is 0.919 bits per heavy atom. The predicted octanol–water partition coefficient (Wildman–Crippen LogP) is 7.00. The van der Waals surface area contributed by atoms with Crippen LogP contribution in [0.25, 0.3) is 0 Å². The highest BCUT2D eigenvalue weighted by Crippen LogP contribution is 2.27. The second-order valence-electron chi connectivity index (χ2n) is 9.77. The smallest absolute Gasteiger partial charge is 0.206 e. The van der Waals surface area contributed by atoms with Crippen LogP contribution >= 0.6 is 0 Å². The average Bonchev–Trinajstić information content (AvgIpc) is 3.60. The predicted molar refractivity (Wildman–Crippen MR) is 150 cm³/mol. The van der Waals surface area contributed by atoms with Crippen LogP contribution in [0.2, 0.25) is 0 Å². The van der Waals surface area contributed by atoms with Crippen molar-refractivity contribution in [3.05, 3.63) is 118 Å². The molecule has 0 atom stereocenters. The van der Waals surface area contributed by atoms with E-state index < -0.39 is 9.84 Å². The number of aliphatic imine (C=N–C) groups is 2. The van der Waals surface area contributed by atoms with Gasteiger partial charge in [-0.1, -0.05) is 24.3 Å². The Morgan fingerprint density at radius 3 is 1.35 bits per heavy atom. The van der Waals surface area contributed by atoms with Crippen molar-refractivity contribution in [2.45, 2.75) is 48.3 Å². The van der Waals surface area contributed by atoms with E-state index in [9.17, 15) is 8.42 Å².